The number of rotatable bonds is 0. The van der Waals surface area contributed by atoms with E-state index in [0.717, 1.165) is 9.52 Å². The third-order valence-electron chi connectivity index (χ3n) is 4.23. The minimum Gasteiger partial charge on any atom is -0.165 e. The summed E-state index contributed by atoms with van der Waals surface area (Å²) in [6.45, 7) is 12.9. The van der Waals surface area contributed by atoms with Gasteiger partial charge >= 0.3 is 26.2 Å². The summed E-state index contributed by atoms with van der Waals surface area (Å²) in [5.74, 6) is 0. The molecule has 0 bridgehead atoms. The minimum atomic E-state index is 0. The van der Waals surface area contributed by atoms with Crippen LogP contribution < -0.4 is 0 Å². The number of aryl methyl sites for hydroxylation is 4. The molecule has 0 amide bonds. The molecule has 0 saturated carbocycles. The molecule has 4 aromatic rings. The molecular formula is C24H28SiZr. The average Bonchev–Trinajstić information content (AvgIpc) is 3.12. The molecule has 0 aliphatic rings. The van der Waals surface area contributed by atoms with Crippen molar-refractivity contribution in [2.75, 3.05) is 0 Å². The van der Waals surface area contributed by atoms with E-state index in [1.165, 1.54) is 43.8 Å². The zero-order valence-electron chi connectivity index (χ0n) is 16.8. The maximum Gasteiger partial charge on any atom is 2.00 e. The van der Waals surface area contributed by atoms with Crippen LogP contribution in [0.2, 0.25) is 13.1 Å². The first-order valence-corrected chi connectivity index (χ1v) is 10.8. The Labute approximate surface area is 180 Å². The Morgan fingerprint density at radius 2 is 1.00 bits per heavy atom. The predicted molar refractivity (Wildman–Crippen MR) is 116 cm³/mol. The van der Waals surface area contributed by atoms with Crippen LogP contribution in [0.4, 0.5) is 0 Å². The molecule has 26 heavy (non-hydrogen) atoms. The van der Waals surface area contributed by atoms with Crippen LogP contribution in [0.5, 0.6) is 0 Å². The van der Waals surface area contributed by atoms with Gasteiger partial charge in [-0.15, -0.1) is 69.1 Å². The second-order valence-electron chi connectivity index (χ2n) is 6.72. The van der Waals surface area contributed by atoms with Gasteiger partial charge in [0.1, 0.15) is 0 Å². The first-order chi connectivity index (χ1) is 12.0. The fourth-order valence-electron chi connectivity index (χ4n) is 3.08. The van der Waals surface area contributed by atoms with Crippen LogP contribution in [-0.4, -0.2) is 9.52 Å². The molecule has 0 N–H and O–H groups in total. The number of benzene rings is 2. The van der Waals surface area contributed by atoms with Gasteiger partial charge in [-0.05, 0) is 13.8 Å². The summed E-state index contributed by atoms with van der Waals surface area (Å²) in [4.78, 5) is 0. The van der Waals surface area contributed by atoms with Gasteiger partial charge in [0.2, 0.25) is 0 Å². The van der Waals surface area contributed by atoms with Gasteiger partial charge in [-0.1, -0.05) is 50.2 Å². The molecule has 2 radical (unpaired) electrons. The Morgan fingerprint density at radius 3 is 1.31 bits per heavy atom. The molecular weight excluding hydrogens is 408 g/mol. The quantitative estimate of drug-likeness (QED) is 0.203. The van der Waals surface area contributed by atoms with Crippen molar-refractivity contribution in [2.45, 2.75) is 40.8 Å². The van der Waals surface area contributed by atoms with Gasteiger partial charge in [-0.3, -0.25) is 0 Å². The molecule has 0 aliphatic carbocycles. The molecule has 2 heteroatoms. The van der Waals surface area contributed by atoms with Gasteiger partial charge in [0.15, 0.2) is 0 Å². The van der Waals surface area contributed by atoms with Crippen molar-refractivity contribution in [3.05, 3.63) is 82.9 Å². The van der Waals surface area contributed by atoms with Gasteiger partial charge < -0.3 is 0 Å². The third kappa shape index (κ3) is 5.89. The molecule has 132 valence electrons. The monoisotopic (exact) mass is 434 g/mol. The van der Waals surface area contributed by atoms with Crippen molar-refractivity contribution in [3.8, 4) is 0 Å². The normalized spacial score (nSPS) is 9.77. The van der Waals surface area contributed by atoms with Gasteiger partial charge in [0, 0.05) is 9.52 Å². The second-order valence-corrected chi connectivity index (χ2v) is 7.72. The van der Waals surface area contributed by atoms with E-state index in [-0.39, 0.29) is 26.2 Å². The van der Waals surface area contributed by atoms with Crippen LogP contribution >= 0.6 is 0 Å². The molecule has 0 heterocycles. The second kappa shape index (κ2) is 10.8. The van der Waals surface area contributed by atoms with Crippen molar-refractivity contribution in [1.82, 2.24) is 0 Å². The van der Waals surface area contributed by atoms with Crippen LogP contribution in [0.25, 0.3) is 21.5 Å². The molecule has 0 unspecified atom stereocenters. The van der Waals surface area contributed by atoms with Crippen LogP contribution in [0.15, 0.2) is 60.7 Å². The average molecular weight is 436 g/mol. The summed E-state index contributed by atoms with van der Waals surface area (Å²) < 4.78 is 0. The van der Waals surface area contributed by atoms with Crippen LogP contribution in [0, 0.1) is 27.7 Å². The maximum atomic E-state index is 2.24. The Hall–Kier alpha value is -1.24. The van der Waals surface area contributed by atoms with E-state index < -0.39 is 0 Å². The molecule has 0 atom stereocenters. The number of fused-ring (bicyclic) bond motifs is 2. The van der Waals surface area contributed by atoms with E-state index >= 15 is 0 Å². The SMILES string of the molecule is C[Si]C.Cc1cc2c(C)cccc2[cH-]1.Cc1cc2c(C)cccc2[cH-]1.[Zr+2]. The molecule has 0 aliphatic heterocycles. The van der Waals surface area contributed by atoms with E-state index in [9.17, 15) is 0 Å². The Bertz CT molecular complexity index is 865. The largest absolute Gasteiger partial charge is 2.00 e. The van der Waals surface area contributed by atoms with Gasteiger partial charge in [-0.2, -0.15) is 12.1 Å². The van der Waals surface area contributed by atoms with E-state index in [1.807, 2.05) is 0 Å². The number of hydrogen-bond acceptors (Lipinski definition) is 0. The first-order valence-electron chi connectivity index (χ1n) is 8.80. The molecule has 0 spiro atoms. The van der Waals surface area contributed by atoms with E-state index in [4.69, 9.17) is 0 Å². The molecule has 0 saturated heterocycles. The third-order valence-corrected chi connectivity index (χ3v) is 4.23. The summed E-state index contributed by atoms with van der Waals surface area (Å²) in [5, 5.41) is 5.51. The minimum absolute atomic E-state index is 0. The van der Waals surface area contributed by atoms with Gasteiger partial charge in [0.25, 0.3) is 0 Å². The maximum absolute atomic E-state index is 2.24. The molecule has 0 nitrogen and oxygen atoms in total. The summed E-state index contributed by atoms with van der Waals surface area (Å²) in [6.07, 6.45) is 0. The molecule has 4 aromatic carbocycles. The van der Waals surface area contributed by atoms with Gasteiger partial charge in [0.05, 0.1) is 0 Å². The Kier molecular flexibility index (Phi) is 9.47. The summed E-state index contributed by atoms with van der Waals surface area (Å²) in [7, 11) is 1.08. The van der Waals surface area contributed by atoms with Gasteiger partial charge in [-0.25, -0.2) is 0 Å². The van der Waals surface area contributed by atoms with E-state index in [2.05, 4.69) is 101 Å². The molecule has 4 rings (SSSR count). The molecule has 0 fully saturated rings. The van der Waals surface area contributed by atoms with Crippen molar-refractivity contribution in [2.24, 2.45) is 0 Å². The van der Waals surface area contributed by atoms with Crippen molar-refractivity contribution >= 4 is 31.1 Å². The fourth-order valence-corrected chi connectivity index (χ4v) is 3.08. The Morgan fingerprint density at radius 1 is 0.654 bits per heavy atom. The summed E-state index contributed by atoms with van der Waals surface area (Å²) >= 11 is 0. The summed E-state index contributed by atoms with van der Waals surface area (Å²) in [5.41, 5.74) is 5.45. The van der Waals surface area contributed by atoms with Crippen LogP contribution in [0.1, 0.15) is 22.3 Å². The van der Waals surface area contributed by atoms with E-state index in [0.29, 0.717) is 0 Å². The van der Waals surface area contributed by atoms with Crippen molar-refractivity contribution in [1.29, 1.82) is 0 Å². The number of hydrogen-bond donors (Lipinski definition) is 0. The Balaban J connectivity index is 0.000000219. The van der Waals surface area contributed by atoms with Crippen LogP contribution in [0.3, 0.4) is 0 Å². The smallest absolute Gasteiger partial charge is 0.165 e. The van der Waals surface area contributed by atoms with Crippen molar-refractivity contribution < 1.29 is 26.2 Å². The standard InChI is InChI=1S/2C11H11.C2H6Si.Zr/c2*1-8-6-10-5-3-4-9(2)11(10)7-8;1-3-2;/h2*3-7H,1-2H3;1-2H3;/q2*-1;;+2. The van der Waals surface area contributed by atoms with E-state index in [1.54, 1.807) is 0 Å². The summed E-state index contributed by atoms with van der Waals surface area (Å²) in [6, 6.07) is 21.8. The molecule has 0 aromatic heterocycles. The zero-order valence-corrected chi connectivity index (χ0v) is 20.2. The van der Waals surface area contributed by atoms with Crippen molar-refractivity contribution in [3.63, 3.8) is 0 Å². The predicted octanol–water partition coefficient (Wildman–Crippen LogP) is 7.14. The van der Waals surface area contributed by atoms with Crippen LogP contribution in [-0.2, 0) is 26.2 Å². The first kappa shape index (κ1) is 22.8. The fraction of sp³-hybridized carbons (Fsp3) is 0.250. The topological polar surface area (TPSA) is 0 Å². The zero-order chi connectivity index (χ0) is 18.4.